The topological polar surface area (TPSA) is 97.3 Å². The lowest BCUT2D eigenvalue weighted by Crippen LogP contribution is -2.30. The minimum atomic E-state index is -0.188. The Morgan fingerprint density at radius 2 is 2.12 bits per heavy atom. The number of aliphatic hydroxyl groups excluding tert-OH is 1. The molecule has 0 aliphatic carbocycles. The molecule has 3 aromatic rings. The number of carbonyl (C=O) groups excluding carboxylic acids is 1. The standard InChI is InChI=1S/C18H19N5O3/c1-22-8-2-3-15(22)18(25)23-9-13(11-24)14(10-23)17-20-16(21-26-17)12-4-6-19-7-5-12/h2-8,13-14,24H,9-11H2,1H3. The minimum Gasteiger partial charge on any atom is -0.396 e. The minimum absolute atomic E-state index is 0.0471. The molecule has 8 nitrogen and oxygen atoms in total. The third kappa shape index (κ3) is 2.88. The second-order valence-corrected chi connectivity index (χ2v) is 6.46. The Labute approximate surface area is 150 Å². The summed E-state index contributed by atoms with van der Waals surface area (Å²) in [4.78, 5) is 22.9. The Balaban J connectivity index is 1.56. The number of amides is 1. The number of aliphatic hydroxyl groups is 1. The second-order valence-electron chi connectivity index (χ2n) is 6.46. The number of aryl methyl sites for hydroxylation is 1. The van der Waals surface area contributed by atoms with Gasteiger partial charge in [0.25, 0.3) is 5.91 Å². The molecule has 1 fully saturated rings. The predicted molar refractivity (Wildman–Crippen MR) is 92.2 cm³/mol. The van der Waals surface area contributed by atoms with Crippen LogP contribution in [0.15, 0.2) is 47.4 Å². The molecule has 134 valence electrons. The lowest BCUT2D eigenvalue weighted by atomic mass is 9.97. The van der Waals surface area contributed by atoms with Gasteiger partial charge >= 0.3 is 0 Å². The van der Waals surface area contributed by atoms with Gasteiger partial charge in [0.05, 0.1) is 5.92 Å². The maximum atomic E-state index is 12.7. The lowest BCUT2D eigenvalue weighted by Gasteiger charge is -2.16. The van der Waals surface area contributed by atoms with Crippen molar-refractivity contribution >= 4 is 5.91 Å². The smallest absolute Gasteiger partial charge is 0.270 e. The molecule has 26 heavy (non-hydrogen) atoms. The quantitative estimate of drug-likeness (QED) is 0.760. The number of likely N-dealkylation sites (tertiary alicyclic amines) is 1. The average molecular weight is 353 g/mol. The fraction of sp³-hybridized carbons (Fsp3) is 0.333. The van der Waals surface area contributed by atoms with Crippen LogP contribution in [-0.4, -0.2) is 55.3 Å². The van der Waals surface area contributed by atoms with E-state index >= 15 is 0 Å². The normalized spacial score (nSPS) is 19.8. The van der Waals surface area contributed by atoms with Crippen molar-refractivity contribution in [2.24, 2.45) is 13.0 Å². The van der Waals surface area contributed by atoms with E-state index in [2.05, 4.69) is 15.1 Å². The van der Waals surface area contributed by atoms with Crippen molar-refractivity contribution in [2.45, 2.75) is 5.92 Å². The number of rotatable bonds is 4. The van der Waals surface area contributed by atoms with Crippen LogP contribution in [0.2, 0.25) is 0 Å². The fourth-order valence-electron chi connectivity index (χ4n) is 3.35. The number of pyridine rings is 1. The number of carbonyl (C=O) groups is 1. The number of hydrogen-bond donors (Lipinski definition) is 1. The number of hydrogen-bond acceptors (Lipinski definition) is 6. The molecule has 8 heteroatoms. The van der Waals surface area contributed by atoms with E-state index in [1.54, 1.807) is 40.1 Å². The molecule has 3 aromatic heterocycles. The molecule has 0 saturated carbocycles. The third-order valence-electron chi connectivity index (χ3n) is 4.82. The van der Waals surface area contributed by atoms with Crippen molar-refractivity contribution in [3.05, 3.63) is 54.4 Å². The Bertz CT molecular complexity index is 904. The first-order valence-electron chi connectivity index (χ1n) is 8.43. The third-order valence-corrected chi connectivity index (χ3v) is 4.82. The highest BCUT2D eigenvalue weighted by Crippen LogP contribution is 2.33. The Hall–Kier alpha value is -3.00. The molecule has 1 aliphatic heterocycles. The van der Waals surface area contributed by atoms with E-state index in [4.69, 9.17) is 4.52 Å². The summed E-state index contributed by atoms with van der Waals surface area (Å²) < 4.78 is 7.23. The maximum Gasteiger partial charge on any atom is 0.270 e. The van der Waals surface area contributed by atoms with Crippen LogP contribution >= 0.6 is 0 Å². The number of aromatic nitrogens is 4. The van der Waals surface area contributed by atoms with E-state index in [0.29, 0.717) is 30.5 Å². The summed E-state index contributed by atoms with van der Waals surface area (Å²) in [6, 6.07) is 7.23. The summed E-state index contributed by atoms with van der Waals surface area (Å²) in [6.45, 7) is 0.847. The Morgan fingerprint density at radius 3 is 2.81 bits per heavy atom. The molecule has 0 radical (unpaired) electrons. The Morgan fingerprint density at radius 1 is 1.31 bits per heavy atom. The zero-order valence-electron chi connectivity index (χ0n) is 14.3. The molecule has 1 amide bonds. The molecule has 0 bridgehead atoms. The molecule has 4 rings (SSSR count). The van der Waals surface area contributed by atoms with Crippen molar-refractivity contribution in [3.8, 4) is 11.4 Å². The first-order valence-corrected chi connectivity index (χ1v) is 8.43. The molecule has 0 spiro atoms. The molecule has 1 saturated heterocycles. The van der Waals surface area contributed by atoms with Crippen LogP contribution in [0.4, 0.5) is 0 Å². The molecule has 2 unspecified atom stereocenters. The summed E-state index contributed by atoms with van der Waals surface area (Å²) in [5.41, 5.74) is 1.43. The van der Waals surface area contributed by atoms with Crippen molar-refractivity contribution in [1.82, 2.24) is 24.6 Å². The first kappa shape index (κ1) is 16.5. The van der Waals surface area contributed by atoms with Crippen molar-refractivity contribution in [2.75, 3.05) is 19.7 Å². The van der Waals surface area contributed by atoms with Gasteiger partial charge in [0.2, 0.25) is 11.7 Å². The molecule has 1 N–H and O–H groups in total. The number of nitrogens with zero attached hydrogens (tertiary/aromatic N) is 5. The van der Waals surface area contributed by atoms with Gasteiger partial charge in [-0.25, -0.2) is 0 Å². The van der Waals surface area contributed by atoms with E-state index in [-0.39, 0.29) is 24.3 Å². The predicted octanol–water partition coefficient (Wildman–Crippen LogP) is 1.32. The van der Waals surface area contributed by atoms with E-state index in [1.165, 1.54) is 0 Å². The van der Waals surface area contributed by atoms with Crippen molar-refractivity contribution < 1.29 is 14.4 Å². The van der Waals surface area contributed by atoms with Gasteiger partial charge in [0, 0.05) is 56.8 Å². The van der Waals surface area contributed by atoms with Gasteiger partial charge in [-0.05, 0) is 24.3 Å². The van der Waals surface area contributed by atoms with Crippen molar-refractivity contribution in [1.29, 1.82) is 0 Å². The van der Waals surface area contributed by atoms with Crippen LogP contribution < -0.4 is 0 Å². The fourth-order valence-corrected chi connectivity index (χ4v) is 3.35. The van der Waals surface area contributed by atoms with Gasteiger partial charge in [-0.3, -0.25) is 9.78 Å². The van der Waals surface area contributed by atoms with Gasteiger partial charge in [-0.2, -0.15) is 4.98 Å². The van der Waals surface area contributed by atoms with Gasteiger partial charge in [-0.1, -0.05) is 5.16 Å². The molecule has 1 aliphatic rings. The van der Waals surface area contributed by atoms with Crippen molar-refractivity contribution in [3.63, 3.8) is 0 Å². The zero-order chi connectivity index (χ0) is 18.1. The summed E-state index contributed by atoms with van der Waals surface area (Å²) in [5, 5.41) is 13.8. The van der Waals surface area contributed by atoms with Crippen LogP contribution in [0.3, 0.4) is 0 Å². The van der Waals surface area contributed by atoms with Gasteiger partial charge < -0.3 is 19.1 Å². The average Bonchev–Trinajstić information content (AvgIpc) is 3.40. The van der Waals surface area contributed by atoms with Gasteiger partial charge in [-0.15, -0.1) is 0 Å². The van der Waals surface area contributed by atoms with Gasteiger partial charge in [0.1, 0.15) is 5.69 Å². The van der Waals surface area contributed by atoms with E-state index in [0.717, 1.165) is 5.56 Å². The summed E-state index contributed by atoms with van der Waals surface area (Å²) in [7, 11) is 1.84. The summed E-state index contributed by atoms with van der Waals surface area (Å²) >= 11 is 0. The van der Waals surface area contributed by atoms with Crippen LogP contribution in [0.1, 0.15) is 22.3 Å². The molecule has 4 heterocycles. The monoisotopic (exact) mass is 353 g/mol. The van der Waals surface area contributed by atoms with Crippen LogP contribution in [-0.2, 0) is 7.05 Å². The maximum absolute atomic E-state index is 12.7. The summed E-state index contributed by atoms with van der Waals surface area (Å²) in [6.07, 6.45) is 5.17. The second kappa shape index (κ2) is 6.72. The van der Waals surface area contributed by atoms with E-state index in [9.17, 15) is 9.90 Å². The molecule has 2 atom stereocenters. The van der Waals surface area contributed by atoms with Gasteiger partial charge in [0.15, 0.2) is 0 Å². The molecular weight excluding hydrogens is 334 g/mol. The Kier molecular flexibility index (Phi) is 4.26. The highest BCUT2D eigenvalue weighted by atomic mass is 16.5. The van der Waals surface area contributed by atoms with E-state index < -0.39 is 0 Å². The van der Waals surface area contributed by atoms with Crippen LogP contribution in [0.25, 0.3) is 11.4 Å². The highest BCUT2D eigenvalue weighted by Gasteiger charge is 2.39. The lowest BCUT2D eigenvalue weighted by molar-refractivity contribution is 0.0771. The zero-order valence-corrected chi connectivity index (χ0v) is 14.3. The van der Waals surface area contributed by atoms with Crippen LogP contribution in [0.5, 0.6) is 0 Å². The molecular formula is C18H19N5O3. The SMILES string of the molecule is Cn1cccc1C(=O)N1CC(CO)C(c2nc(-c3ccncc3)no2)C1. The largest absolute Gasteiger partial charge is 0.396 e. The molecule has 0 aromatic carbocycles. The van der Waals surface area contributed by atoms with E-state index in [1.807, 2.05) is 19.3 Å². The highest BCUT2D eigenvalue weighted by molar-refractivity contribution is 5.93. The van der Waals surface area contributed by atoms with Crippen LogP contribution in [0, 0.1) is 5.92 Å². The first-order chi connectivity index (χ1) is 12.7. The summed E-state index contributed by atoms with van der Waals surface area (Å²) in [5.74, 6) is 0.536.